The lowest BCUT2D eigenvalue weighted by atomic mass is 10.1. The standard InChI is InChI=1S/C18H21N3OS.C2HF3O2/c22-18-15-4-1-7-20(15)16-11-19(10-14-3-2-8-23-14)12-17(16)21(18)9-13-5-6-13;3-2(4,5)1(6)7/h1-4,7-8,13,16-17H,5-6,9-12H2;(H,6,7)/t16-,17+;/m0./s1. The predicted octanol–water partition coefficient (Wildman–Crippen LogP) is 3.47. The summed E-state index contributed by atoms with van der Waals surface area (Å²) < 4.78 is 34.0. The van der Waals surface area contributed by atoms with Crippen molar-refractivity contribution in [2.24, 2.45) is 5.92 Å². The Balaban J connectivity index is 0.000000272. The van der Waals surface area contributed by atoms with Crippen molar-refractivity contribution in [3.8, 4) is 0 Å². The summed E-state index contributed by atoms with van der Waals surface area (Å²) in [7, 11) is 0. The van der Waals surface area contributed by atoms with Crippen LogP contribution >= 0.6 is 11.3 Å². The maximum absolute atomic E-state index is 12.9. The fourth-order valence-corrected chi connectivity index (χ4v) is 4.88. The van der Waals surface area contributed by atoms with Crippen molar-refractivity contribution in [3.63, 3.8) is 0 Å². The summed E-state index contributed by atoms with van der Waals surface area (Å²) in [6.45, 7) is 4.00. The smallest absolute Gasteiger partial charge is 0.475 e. The molecule has 1 aliphatic carbocycles. The number of rotatable bonds is 4. The van der Waals surface area contributed by atoms with Gasteiger partial charge in [0.25, 0.3) is 5.91 Å². The van der Waals surface area contributed by atoms with Crippen molar-refractivity contribution < 1.29 is 27.9 Å². The molecule has 0 spiro atoms. The molecule has 1 amide bonds. The quantitative estimate of drug-likeness (QED) is 0.789. The zero-order chi connectivity index (χ0) is 21.5. The minimum atomic E-state index is -5.08. The molecular weight excluding hydrogens is 419 g/mol. The molecular formula is C20H22F3N3O3S. The summed E-state index contributed by atoms with van der Waals surface area (Å²) in [5.41, 5.74) is 0.880. The minimum Gasteiger partial charge on any atom is -0.475 e. The SMILES string of the molecule is O=C(O)C(F)(F)F.O=C1c2cccn2[C@H]2CN(Cc3cccs3)C[C@H]2N1CC1CC1. The van der Waals surface area contributed by atoms with Gasteiger partial charge in [0.1, 0.15) is 5.69 Å². The molecule has 162 valence electrons. The van der Waals surface area contributed by atoms with Crippen LogP contribution in [0.2, 0.25) is 0 Å². The number of aromatic nitrogens is 1. The van der Waals surface area contributed by atoms with Gasteiger partial charge in [0.15, 0.2) is 0 Å². The highest BCUT2D eigenvalue weighted by Crippen LogP contribution is 2.38. The summed E-state index contributed by atoms with van der Waals surface area (Å²) >= 11 is 1.82. The van der Waals surface area contributed by atoms with Crippen LogP contribution in [0.4, 0.5) is 13.2 Å². The van der Waals surface area contributed by atoms with Crippen LogP contribution in [0.5, 0.6) is 0 Å². The lowest BCUT2D eigenvalue weighted by molar-refractivity contribution is -0.192. The highest BCUT2D eigenvalue weighted by molar-refractivity contribution is 7.09. The summed E-state index contributed by atoms with van der Waals surface area (Å²) in [6, 6.07) is 9.09. The third-order valence-corrected chi connectivity index (χ3v) is 6.57. The van der Waals surface area contributed by atoms with E-state index >= 15 is 0 Å². The first kappa shape index (κ1) is 20.9. The van der Waals surface area contributed by atoms with Gasteiger partial charge in [0.05, 0.1) is 12.1 Å². The molecule has 30 heavy (non-hydrogen) atoms. The van der Waals surface area contributed by atoms with Gasteiger partial charge in [-0.25, -0.2) is 4.79 Å². The van der Waals surface area contributed by atoms with E-state index in [-0.39, 0.29) is 5.91 Å². The van der Waals surface area contributed by atoms with Gasteiger partial charge in [-0.05, 0) is 42.3 Å². The lowest BCUT2D eigenvalue weighted by Crippen LogP contribution is -2.51. The summed E-state index contributed by atoms with van der Waals surface area (Å²) in [4.78, 5) is 27.9. The first-order valence-electron chi connectivity index (χ1n) is 9.76. The predicted molar refractivity (Wildman–Crippen MR) is 104 cm³/mol. The van der Waals surface area contributed by atoms with Gasteiger partial charge in [-0.1, -0.05) is 6.07 Å². The van der Waals surface area contributed by atoms with Crippen molar-refractivity contribution >= 4 is 23.2 Å². The van der Waals surface area contributed by atoms with Gasteiger partial charge >= 0.3 is 12.1 Å². The van der Waals surface area contributed by atoms with Gasteiger partial charge in [0, 0.05) is 37.3 Å². The highest BCUT2D eigenvalue weighted by Gasteiger charge is 2.46. The molecule has 2 aliphatic heterocycles. The van der Waals surface area contributed by atoms with E-state index in [4.69, 9.17) is 9.90 Å². The Morgan fingerprint density at radius 3 is 2.47 bits per heavy atom. The Morgan fingerprint density at radius 1 is 1.17 bits per heavy atom. The van der Waals surface area contributed by atoms with Crippen LogP contribution < -0.4 is 0 Å². The van der Waals surface area contributed by atoms with Crippen molar-refractivity contribution in [3.05, 3.63) is 46.4 Å². The molecule has 2 aromatic heterocycles. The second-order valence-corrected chi connectivity index (χ2v) is 8.94. The molecule has 2 aromatic rings. The fourth-order valence-electron chi connectivity index (χ4n) is 4.14. The third kappa shape index (κ3) is 4.39. The van der Waals surface area contributed by atoms with Crippen LogP contribution in [0, 0.1) is 5.92 Å². The molecule has 1 saturated heterocycles. The molecule has 2 fully saturated rings. The number of alkyl halides is 3. The van der Waals surface area contributed by atoms with E-state index in [2.05, 4.69) is 38.1 Å². The van der Waals surface area contributed by atoms with E-state index in [1.54, 1.807) is 0 Å². The topological polar surface area (TPSA) is 65.8 Å². The minimum absolute atomic E-state index is 0.237. The van der Waals surface area contributed by atoms with E-state index in [1.165, 1.54) is 17.7 Å². The number of halogens is 3. The first-order chi connectivity index (χ1) is 14.2. The number of carboxylic acid groups (broad SMARTS) is 1. The molecule has 1 N–H and O–H groups in total. The summed E-state index contributed by atoms with van der Waals surface area (Å²) in [6.07, 6.45) is -0.407. The van der Waals surface area contributed by atoms with Gasteiger partial charge in [-0.2, -0.15) is 13.2 Å². The summed E-state index contributed by atoms with van der Waals surface area (Å²) in [5, 5.41) is 9.27. The van der Waals surface area contributed by atoms with E-state index in [0.717, 1.165) is 37.8 Å². The van der Waals surface area contributed by atoms with Crippen molar-refractivity contribution in [1.82, 2.24) is 14.4 Å². The molecule has 1 saturated carbocycles. The fraction of sp³-hybridized carbons (Fsp3) is 0.500. The number of hydrogen-bond acceptors (Lipinski definition) is 4. The number of carbonyl (C=O) groups is 2. The van der Waals surface area contributed by atoms with E-state index < -0.39 is 12.1 Å². The number of hydrogen-bond donors (Lipinski definition) is 1. The maximum atomic E-state index is 12.9. The largest absolute Gasteiger partial charge is 0.490 e. The molecule has 0 bridgehead atoms. The molecule has 0 aromatic carbocycles. The Labute approximate surface area is 175 Å². The number of carbonyl (C=O) groups excluding carboxylic acids is 1. The molecule has 10 heteroatoms. The second-order valence-electron chi connectivity index (χ2n) is 7.91. The number of amides is 1. The lowest BCUT2D eigenvalue weighted by Gasteiger charge is -2.38. The molecule has 0 unspecified atom stereocenters. The number of fused-ring (bicyclic) bond motifs is 3. The van der Waals surface area contributed by atoms with E-state index in [0.29, 0.717) is 12.1 Å². The van der Waals surface area contributed by atoms with Crippen molar-refractivity contribution in [2.45, 2.75) is 37.6 Å². The number of thiophene rings is 1. The molecule has 3 aliphatic rings. The summed E-state index contributed by atoms with van der Waals surface area (Å²) in [5.74, 6) is -1.78. The normalized spacial score (nSPS) is 23.6. The Morgan fingerprint density at radius 2 is 1.87 bits per heavy atom. The Hall–Kier alpha value is -2.33. The Kier molecular flexibility index (Phi) is 5.63. The van der Waals surface area contributed by atoms with Crippen molar-refractivity contribution in [1.29, 1.82) is 0 Å². The number of nitrogens with zero attached hydrogens (tertiary/aromatic N) is 3. The zero-order valence-electron chi connectivity index (χ0n) is 16.1. The van der Waals surface area contributed by atoms with Crippen LogP contribution in [-0.2, 0) is 11.3 Å². The molecule has 0 radical (unpaired) electrons. The highest BCUT2D eigenvalue weighted by atomic mass is 32.1. The van der Waals surface area contributed by atoms with Crippen molar-refractivity contribution in [2.75, 3.05) is 19.6 Å². The molecule has 6 nitrogen and oxygen atoms in total. The molecule has 2 atom stereocenters. The third-order valence-electron chi connectivity index (χ3n) is 5.71. The monoisotopic (exact) mass is 441 g/mol. The number of aliphatic carboxylic acids is 1. The van der Waals surface area contributed by atoms with Crippen LogP contribution in [0.3, 0.4) is 0 Å². The molecule has 4 heterocycles. The number of likely N-dealkylation sites (tertiary alicyclic amines) is 1. The average Bonchev–Trinajstić information content (AvgIpc) is 3.07. The van der Waals surface area contributed by atoms with Crippen LogP contribution in [-0.4, -0.2) is 63.2 Å². The van der Waals surface area contributed by atoms with Gasteiger partial charge in [0.2, 0.25) is 0 Å². The number of carboxylic acids is 1. The average molecular weight is 441 g/mol. The van der Waals surface area contributed by atoms with E-state index in [1.807, 2.05) is 23.5 Å². The second kappa shape index (κ2) is 8.07. The van der Waals surface area contributed by atoms with Crippen LogP contribution in [0.15, 0.2) is 35.8 Å². The van der Waals surface area contributed by atoms with Gasteiger partial charge in [-0.3, -0.25) is 9.69 Å². The zero-order valence-corrected chi connectivity index (χ0v) is 16.9. The van der Waals surface area contributed by atoms with Gasteiger partial charge < -0.3 is 14.6 Å². The van der Waals surface area contributed by atoms with Crippen LogP contribution in [0.1, 0.15) is 34.2 Å². The van der Waals surface area contributed by atoms with E-state index in [9.17, 15) is 18.0 Å². The maximum Gasteiger partial charge on any atom is 0.490 e. The Bertz CT molecular complexity index is 908. The van der Waals surface area contributed by atoms with Crippen LogP contribution in [0.25, 0.3) is 0 Å². The first-order valence-corrected chi connectivity index (χ1v) is 10.6. The van der Waals surface area contributed by atoms with Gasteiger partial charge in [-0.15, -0.1) is 11.3 Å². The molecule has 5 rings (SSSR count).